The molecule has 0 aliphatic heterocycles. The molecule has 15 heavy (non-hydrogen) atoms. The van der Waals surface area contributed by atoms with Crippen LogP contribution in [0.3, 0.4) is 0 Å². The van der Waals surface area contributed by atoms with Gasteiger partial charge in [-0.2, -0.15) is 0 Å². The zero-order valence-corrected chi connectivity index (χ0v) is 10.6. The first kappa shape index (κ1) is 14.0. The molecule has 0 heterocycles. The number of hydrogen-bond acceptors (Lipinski definition) is 4. The minimum Gasteiger partial charge on any atom is -0.383 e. The quantitative estimate of drug-likeness (QED) is 0.513. The second-order valence-electron chi connectivity index (χ2n) is 4.41. The molecule has 0 aromatic heterocycles. The van der Waals surface area contributed by atoms with Gasteiger partial charge in [0.2, 0.25) is 0 Å². The number of hydroxylamine groups is 2. The summed E-state index contributed by atoms with van der Waals surface area (Å²) < 4.78 is 0. The van der Waals surface area contributed by atoms with Gasteiger partial charge in [0.15, 0.2) is 0 Å². The van der Waals surface area contributed by atoms with Crippen molar-refractivity contribution in [2.75, 3.05) is 28.2 Å². The standard InChI is InChI=1S/C11H22N2O2/c1-9(2)7-10(8-12(3)4)11(14)15-13(5)6/h8-9H,7H2,1-6H3/b10-8+. The summed E-state index contributed by atoms with van der Waals surface area (Å²) in [5, 5.41) is 1.41. The molecule has 0 spiro atoms. The van der Waals surface area contributed by atoms with Crippen molar-refractivity contribution in [3.05, 3.63) is 11.8 Å². The Morgan fingerprint density at radius 1 is 1.27 bits per heavy atom. The van der Waals surface area contributed by atoms with E-state index in [0.717, 1.165) is 6.42 Å². The third kappa shape index (κ3) is 6.96. The van der Waals surface area contributed by atoms with Crippen LogP contribution >= 0.6 is 0 Å². The summed E-state index contributed by atoms with van der Waals surface area (Å²) in [6, 6.07) is 0. The molecule has 0 fully saturated rings. The monoisotopic (exact) mass is 214 g/mol. The van der Waals surface area contributed by atoms with Gasteiger partial charge in [-0.1, -0.05) is 13.8 Å². The van der Waals surface area contributed by atoms with Gasteiger partial charge in [0, 0.05) is 34.4 Å². The van der Waals surface area contributed by atoms with Gasteiger partial charge in [0.05, 0.1) is 5.57 Å². The number of carbonyl (C=O) groups is 1. The van der Waals surface area contributed by atoms with Crippen molar-refractivity contribution in [3.63, 3.8) is 0 Å². The lowest BCUT2D eigenvalue weighted by molar-refractivity contribution is -0.173. The SMILES string of the molecule is CC(C)C/C(=C\N(C)C)C(=O)ON(C)C. The molecule has 0 aliphatic rings. The minimum atomic E-state index is -0.276. The van der Waals surface area contributed by atoms with Crippen LogP contribution in [0.15, 0.2) is 11.8 Å². The van der Waals surface area contributed by atoms with Crippen molar-refractivity contribution in [2.45, 2.75) is 20.3 Å². The molecule has 4 heteroatoms. The normalized spacial score (nSPS) is 12.1. The van der Waals surface area contributed by atoms with E-state index < -0.39 is 0 Å². The topological polar surface area (TPSA) is 32.8 Å². The summed E-state index contributed by atoms with van der Waals surface area (Å²) in [7, 11) is 7.17. The van der Waals surface area contributed by atoms with E-state index in [0.29, 0.717) is 11.5 Å². The fourth-order valence-corrected chi connectivity index (χ4v) is 1.16. The van der Waals surface area contributed by atoms with E-state index >= 15 is 0 Å². The van der Waals surface area contributed by atoms with Crippen LogP contribution < -0.4 is 0 Å². The summed E-state index contributed by atoms with van der Waals surface area (Å²) in [6.45, 7) is 4.15. The zero-order valence-electron chi connectivity index (χ0n) is 10.6. The lowest BCUT2D eigenvalue weighted by atomic mass is 10.0. The van der Waals surface area contributed by atoms with E-state index in [1.807, 2.05) is 25.2 Å². The van der Waals surface area contributed by atoms with Crippen molar-refractivity contribution in [2.24, 2.45) is 5.92 Å². The summed E-state index contributed by atoms with van der Waals surface area (Å²) >= 11 is 0. The van der Waals surface area contributed by atoms with E-state index in [1.54, 1.807) is 14.1 Å². The van der Waals surface area contributed by atoms with E-state index in [9.17, 15) is 4.79 Å². The molecule has 0 aromatic carbocycles. The number of rotatable bonds is 5. The number of carbonyl (C=O) groups excluding carboxylic acids is 1. The van der Waals surface area contributed by atoms with Crippen LogP contribution in [0.2, 0.25) is 0 Å². The highest BCUT2D eigenvalue weighted by molar-refractivity contribution is 5.88. The van der Waals surface area contributed by atoms with E-state index in [4.69, 9.17) is 4.84 Å². The highest BCUT2D eigenvalue weighted by Gasteiger charge is 2.14. The largest absolute Gasteiger partial charge is 0.383 e. The lowest BCUT2D eigenvalue weighted by Gasteiger charge is -2.15. The van der Waals surface area contributed by atoms with Gasteiger partial charge in [-0.05, 0) is 12.3 Å². The molecule has 0 bridgehead atoms. The van der Waals surface area contributed by atoms with Crippen LogP contribution in [0, 0.1) is 5.92 Å². The first-order chi connectivity index (χ1) is 6.82. The van der Waals surface area contributed by atoms with Crippen molar-refractivity contribution >= 4 is 5.97 Å². The maximum atomic E-state index is 11.7. The number of nitrogens with zero attached hydrogens (tertiary/aromatic N) is 2. The average Bonchev–Trinajstić information content (AvgIpc) is 1.99. The molecular formula is C11H22N2O2. The average molecular weight is 214 g/mol. The Labute approximate surface area is 92.4 Å². The van der Waals surface area contributed by atoms with Gasteiger partial charge in [0.1, 0.15) is 0 Å². The molecule has 0 unspecified atom stereocenters. The van der Waals surface area contributed by atoms with Crippen LogP contribution in [-0.2, 0) is 9.63 Å². The van der Waals surface area contributed by atoms with E-state index in [2.05, 4.69) is 13.8 Å². The first-order valence-corrected chi connectivity index (χ1v) is 5.09. The van der Waals surface area contributed by atoms with Crippen molar-refractivity contribution in [1.29, 1.82) is 0 Å². The summed E-state index contributed by atoms with van der Waals surface area (Å²) in [4.78, 5) is 18.5. The molecule has 0 saturated carbocycles. The van der Waals surface area contributed by atoms with Gasteiger partial charge < -0.3 is 9.74 Å². The minimum absolute atomic E-state index is 0.276. The molecule has 0 radical (unpaired) electrons. The van der Waals surface area contributed by atoms with Gasteiger partial charge in [-0.15, -0.1) is 5.06 Å². The summed E-state index contributed by atoms with van der Waals surface area (Å²) in [5.41, 5.74) is 0.698. The van der Waals surface area contributed by atoms with Crippen LogP contribution in [-0.4, -0.2) is 44.1 Å². The van der Waals surface area contributed by atoms with Crippen molar-refractivity contribution in [3.8, 4) is 0 Å². The molecule has 0 amide bonds. The molecule has 0 saturated heterocycles. The third-order valence-electron chi connectivity index (χ3n) is 1.57. The second-order valence-corrected chi connectivity index (χ2v) is 4.41. The molecule has 0 rings (SSSR count). The van der Waals surface area contributed by atoms with Crippen molar-refractivity contribution < 1.29 is 9.63 Å². The molecular weight excluding hydrogens is 192 g/mol. The van der Waals surface area contributed by atoms with E-state index in [1.165, 1.54) is 5.06 Å². The van der Waals surface area contributed by atoms with Crippen LogP contribution in [0.25, 0.3) is 0 Å². The molecule has 0 aromatic rings. The van der Waals surface area contributed by atoms with Crippen LogP contribution in [0.1, 0.15) is 20.3 Å². The van der Waals surface area contributed by atoms with Gasteiger partial charge in [-0.3, -0.25) is 0 Å². The fraction of sp³-hybridized carbons (Fsp3) is 0.727. The van der Waals surface area contributed by atoms with Gasteiger partial charge >= 0.3 is 5.97 Å². The predicted molar refractivity (Wildman–Crippen MR) is 61.0 cm³/mol. The molecule has 0 aliphatic carbocycles. The second kappa shape index (κ2) is 6.45. The Bertz CT molecular complexity index is 233. The van der Waals surface area contributed by atoms with Gasteiger partial charge in [-0.25, -0.2) is 4.79 Å². The van der Waals surface area contributed by atoms with Crippen LogP contribution in [0.5, 0.6) is 0 Å². The van der Waals surface area contributed by atoms with Crippen molar-refractivity contribution in [1.82, 2.24) is 9.96 Å². The zero-order chi connectivity index (χ0) is 12.0. The molecule has 0 atom stereocenters. The van der Waals surface area contributed by atoms with Gasteiger partial charge in [0.25, 0.3) is 0 Å². The third-order valence-corrected chi connectivity index (χ3v) is 1.57. The van der Waals surface area contributed by atoms with E-state index in [-0.39, 0.29) is 5.97 Å². The maximum Gasteiger partial charge on any atom is 0.354 e. The smallest absolute Gasteiger partial charge is 0.354 e. The molecule has 0 N–H and O–H groups in total. The predicted octanol–water partition coefficient (Wildman–Crippen LogP) is 1.50. The van der Waals surface area contributed by atoms with Crippen LogP contribution in [0.4, 0.5) is 0 Å². The molecule has 4 nitrogen and oxygen atoms in total. The number of hydrogen-bond donors (Lipinski definition) is 0. The first-order valence-electron chi connectivity index (χ1n) is 5.09. The highest BCUT2D eigenvalue weighted by atomic mass is 16.7. The Hall–Kier alpha value is -1.03. The highest BCUT2D eigenvalue weighted by Crippen LogP contribution is 2.13. The maximum absolute atomic E-state index is 11.7. The Morgan fingerprint density at radius 3 is 2.13 bits per heavy atom. The summed E-state index contributed by atoms with van der Waals surface area (Å²) in [6.07, 6.45) is 2.54. The Kier molecular flexibility index (Phi) is 6.01. The lowest BCUT2D eigenvalue weighted by Crippen LogP contribution is -2.21. The molecule has 88 valence electrons. The summed E-state index contributed by atoms with van der Waals surface area (Å²) in [5.74, 6) is 0.160. The Morgan fingerprint density at radius 2 is 1.80 bits per heavy atom. The fourth-order valence-electron chi connectivity index (χ4n) is 1.16. The Balaban J connectivity index is 4.56.